The van der Waals surface area contributed by atoms with E-state index < -0.39 is 0 Å². The van der Waals surface area contributed by atoms with E-state index in [0.29, 0.717) is 19.8 Å². The maximum atomic E-state index is 11.3. The average Bonchev–Trinajstić information content (AvgIpc) is 2.36. The van der Waals surface area contributed by atoms with E-state index in [-0.39, 0.29) is 18.7 Å². The van der Waals surface area contributed by atoms with E-state index in [1.54, 1.807) is 7.11 Å². The number of rotatable bonds is 11. The molecule has 0 aromatic heterocycles. The van der Waals surface area contributed by atoms with Crippen LogP contribution in [0.3, 0.4) is 0 Å². The Morgan fingerprint density at radius 2 is 1.82 bits per heavy atom. The number of carbonyl (C=O) groups excluding carboxylic acids is 1. The third-order valence-electron chi connectivity index (χ3n) is 2.47. The Labute approximate surface area is 103 Å². The summed E-state index contributed by atoms with van der Waals surface area (Å²) >= 11 is 0. The van der Waals surface area contributed by atoms with E-state index in [1.807, 2.05) is 6.92 Å². The van der Waals surface area contributed by atoms with Crippen LogP contribution >= 0.6 is 0 Å². The summed E-state index contributed by atoms with van der Waals surface area (Å²) in [7, 11) is 3.05. The molecule has 102 valence electrons. The summed E-state index contributed by atoms with van der Waals surface area (Å²) in [4.78, 5) is 11.3. The Balaban J connectivity index is 3.34. The highest BCUT2D eigenvalue weighted by Crippen LogP contribution is 2.12. The molecule has 0 aliphatic rings. The second-order valence-electron chi connectivity index (χ2n) is 3.70. The lowest BCUT2D eigenvalue weighted by Crippen LogP contribution is -2.16. The van der Waals surface area contributed by atoms with Crippen LogP contribution in [0.2, 0.25) is 0 Å². The predicted molar refractivity (Wildman–Crippen MR) is 63.7 cm³/mol. The Bertz CT molecular complexity index is 184. The van der Waals surface area contributed by atoms with Crippen molar-refractivity contribution >= 4 is 5.97 Å². The third-order valence-corrected chi connectivity index (χ3v) is 2.47. The number of hydrogen-bond acceptors (Lipinski definition) is 5. The summed E-state index contributed by atoms with van der Waals surface area (Å²) < 4.78 is 19.9. The van der Waals surface area contributed by atoms with Gasteiger partial charge in [-0.25, -0.2) is 0 Å². The average molecular weight is 248 g/mol. The zero-order valence-corrected chi connectivity index (χ0v) is 11.1. The molecule has 1 atom stereocenters. The Morgan fingerprint density at radius 1 is 1.12 bits per heavy atom. The van der Waals surface area contributed by atoms with Gasteiger partial charge in [0.2, 0.25) is 0 Å². The highest BCUT2D eigenvalue weighted by Gasteiger charge is 2.15. The standard InChI is InChI=1S/C12H24O5/c1-4-11(12(13)15-3)6-5-7-16-10-17-9-8-14-2/h11H,4-10H2,1-3H3. The van der Waals surface area contributed by atoms with Gasteiger partial charge in [0.25, 0.3) is 0 Å². The molecule has 5 heteroatoms. The lowest BCUT2D eigenvalue weighted by atomic mass is 10.0. The van der Waals surface area contributed by atoms with Gasteiger partial charge in [-0.3, -0.25) is 4.79 Å². The van der Waals surface area contributed by atoms with Crippen molar-refractivity contribution in [2.75, 3.05) is 40.8 Å². The maximum absolute atomic E-state index is 11.3. The van der Waals surface area contributed by atoms with Crippen molar-refractivity contribution in [3.63, 3.8) is 0 Å². The van der Waals surface area contributed by atoms with Crippen LogP contribution in [0.15, 0.2) is 0 Å². The first-order valence-corrected chi connectivity index (χ1v) is 5.98. The summed E-state index contributed by atoms with van der Waals surface area (Å²) in [5.41, 5.74) is 0. The fourth-order valence-electron chi connectivity index (χ4n) is 1.41. The number of methoxy groups -OCH3 is 2. The van der Waals surface area contributed by atoms with Gasteiger partial charge in [-0.1, -0.05) is 6.92 Å². The van der Waals surface area contributed by atoms with Crippen LogP contribution in [0.5, 0.6) is 0 Å². The van der Waals surface area contributed by atoms with Gasteiger partial charge in [0.15, 0.2) is 0 Å². The molecule has 0 saturated heterocycles. The monoisotopic (exact) mass is 248 g/mol. The first-order chi connectivity index (χ1) is 8.26. The molecule has 0 aromatic carbocycles. The maximum Gasteiger partial charge on any atom is 0.308 e. The molecule has 0 aromatic rings. The third kappa shape index (κ3) is 9.09. The van der Waals surface area contributed by atoms with Crippen molar-refractivity contribution in [1.82, 2.24) is 0 Å². The van der Waals surface area contributed by atoms with Crippen molar-refractivity contribution in [2.24, 2.45) is 5.92 Å². The molecular formula is C12H24O5. The van der Waals surface area contributed by atoms with E-state index in [2.05, 4.69) is 0 Å². The van der Waals surface area contributed by atoms with E-state index in [0.717, 1.165) is 19.3 Å². The molecule has 0 saturated carbocycles. The zero-order valence-electron chi connectivity index (χ0n) is 11.1. The molecule has 17 heavy (non-hydrogen) atoms. The molecule has 0 N–H and O–H groups in total. The van der Waals surface area contributed by atoms with Gasteiger partial charge in [-0.05, 0) is 19.3 Å². The van der Waals surface area contributed by atoms with E-state index >= 15 is 0 Å². The van der Waals surface area contributed by atoms with E-state index in [9.17, 15) is 4.79 Å². The van der Waals surface area contributed by atoms with Crippen LogP contribution < -0.4 is 0 Å². The molecule has 0 rings (SSSR count). The normalized spacial score (nSPS) is 12.4. The van der Waals surface area contributed by atoms with Gasteiger partial charge in [-0.2, -0.15) is 0 Å². The fraction of sp³-hybridized carbons (Fsp3) is 0.917. The topological polar surface area (TPSA) is 54.0 Å². The number of carbonyl (C=O) groups is 1. The number of hydrogen-bond donors (Lipinski definition) is 0. The predicted octanol–water partition coefficient (Wildman–Crippen LogP) is 1.60. The van der Waals surface area contributed by atoms with Crippen molar-refractivity contribution < 1.29 is 23.7 Å². The van der Waals surface area contributed by atoms with Crippen LogP contribution in [-0.4, -0.2) is 46.8 Å². The van der Waals surface area contributed by atoms with Crippen molar-refractivity contribution in [2.45, 2.75) is 26.2 Å². The largest absolute Gasteiger partial charge is 0.469 e. The van der Waals surface area contributed by atoms with Gasteiger partial charge < -0.3 is 18.9 Å². The molecule has 0 bridgehead atoms. The van der Waals surface area contributed by atoms with Crippen LogP contribution in [0.4, 0.5) is 0 Å². The molecule has 0 aliphatic heterocycles. The molecule has 1 unspecified atom stereocenters. The Hall–Kier alpha value is -0.650. The lowest BCUT2D eigenvalue weighted by molar-refractivity contribution is -0.146. The number of esters is 1. The Kier molecular flexibility index (Phi) is 11.4. The first-order valence-electron chi connectivity index (χ1n) is 5.98. The summed E-state index contributed by atoms with van der Waals surface area (Å²) in [6.45, 7) is 3.97. The summed E-state index contributed by atoms with van der Waals surface area (Å²) in [6.07, 6.45) is 2.43. The molecule has 0 spiro atoms. The molecular weight excluding hydrogens is 224 g/mol. The quantitative estimate of drug-likeness (QED) is 0.316. The van der Waals surface area contributed by atoms with Crippen LogP contribution in [-0.2, 0) is 23.7 Å². The van der Waals surface area contributed by atoms with Crippen LogP contribution in [0, 0.1) is 5.92 Å². The molecule has 0 heterocycles. The van der Waals surface area contributed by atoms with E-state index in [4.69, 9.17) is 18.9 Å². The van der Waals surface area contributed by atoms with Crippen molar-refractivity contribution in [3.8, 4) is 0 Å². The number of ether oxygens (including phenoxy) is 4. The van der Waals surface area contributed by atoms with Crippen LogP contribution in [0.25, 0.3) is 0 Å². The molecule has 0 aliphatic carbocycles. The van der Waals surface area contributed by atoms with Crippen molar-refractivity contribution in [1.29, 1.82) is 0 Å². The second-order valence-corrected chi connectivity index (χ2v) is 3.70. The van der Waals surface area contributed by atoms with Gasteiger partial charge in [0.05, 0.1) is 26.2 Å². The fourth-order valence-corrected chi connectivity index (χ4v) is 1.41. The minimum Gasteiger partial charge on any atom is -0.469 e. The van der Waals surface area contributed by atoms with Gasteiger partial charge in [-0.15, -0.1) is 0 Å². The van der Waals surface area contributed by atoms with Gasteiger partial charge in [0, 0.05) is 13.7 Å². The molecule has 0 amide bonds. The van der Waals surface area contributed by atoms with Crippen molar-refractivity contribution in [3.05, 3.63) is 0 Å². The summed E-state index contributed by atoms with van der Waals surface area (Å²) in [6, 6.07) is 0. The second kappa shape index (κ2) is 11.8. The summed E-state index contributed by atoms with van der Waals surface area (Å²) in [5, 5.41) is 0. The van der Waals surface area contributed by atoms with E-state index in [1.165, 1.54) is 7.11 Å². The molecule has 5 nitrogen and oxygen atoms in total. The molecule has 0 radical (unpaired) electrons. The minimum absolute atomic E-state index is 0.0157. The smallest absolute Gasteiger partial charge is 0.308 e. The zero-order chi connectivity index (χ0) is 12.9. The minimum atomic E-state index is -0.135. The molecule has 0 fully saturated rings. The lowest BCUT2D eigenvalue weighted by Gasteiger charge is -2.12. The SMILES string of the molecule is CCC(CCCOCOCCOC)C(=O)OC. The highest BCUT2D eigenvalue weighted by atomic mass is 16.7. The Morgan fingerprint density at radius 3 is 2.41 bits per heavy atom. The summed E-state index contributed by atoms with van der Waals surface area (Å²) in [5.74, 6) is -0.151. The first kappa shape index (κ1) is 16.4. The highest BCUT2D eigenvalue weighted by molar-refractivity contribution is 5.72. The van der Waals surface area contributed by atoms with Gasteiger partial charge in [0.1, 0.15) is 6.79 Å². The van der Waals surface area contributed by atoms with Gasteiger partial charge >= 0.3 is 5.97 Å². The van der Waals surface area contributed by atoms with Crippen LogP contribution in [0.1, 0.15) is 26.2 Å².